The van der Waals surface area contributed by atoms with Crippen molar-refractivity contribution in [2.24, 2.45) is 11.1 Å². The zero-order chi connectivity index (χ0) is 81.4. The van der Waals surface area contributed by atoms with E-state index in [0.717, 1.165) is 72.9 Å². The van der Waals surface area contributed by atoms with E-state index in [1.165, 1.54) is 75.4 Å². The molecule has 2 aliphatic carbocycles. The fourth-order valence-corrected chi connectivity index (χ4v) is 16.1. The van der Waals surface area contributed by atoms with Gasteiger partial charge in [-0.3, -0.25) is 33.0 Å². The van der Waals surface area contributed by atoms with E-state index < -0.39 is 162 Å². The minimum absolute atomic E-state index is 0.0484. The van der Waals surface area contributed by atoms with Gasteiger partial charge in [0.05, 0.1) is 99.9 Å². The van der Waals surface area contributed by atoms with Gasteiger partial charge in [0, 0.05) is 78.1 Å². The molecule has 3 heterocycles. The van der Waals surface area contributed by atoms with Crippen molar-refractivity contribution in [2.45, 2.75) is 75.0 Å². The van der Waals surface area contributed by atoms with Crippen LogP contribution in [0.3, 0.4) is 0 Å². The maximum Gasteiger partial charge on any atom is 0.264 e. The third-order valence-corrected chi connectivity index (χ3v) is 23.5. The number of hydrogen-bond donors (Lipinski definition) is 5. The number of aliphatic hydroxyl groups is 1. The van der Waals surface area contributed by atoms with E-state index in [4.69, 9.17) is 25.1 Å². The van der Waals surface area contributed by atoms with Gasteiger partial charge in [-0.2, -0.15) is 8.42 Å². The van der Waals surface area contributed by atoms with Gasteiger partial charge in [-0.15, -0.1) is 0 Å². The lowest BCUT2D eigenvalue weighted by molar-refractivity contribution is -0.137. The average Bonchev–Trinajstić information content (AvgIpc) is 1.60. The van der Waals surface area contributed by atoms with Crippen LogP contribution in [0.15, 0.2) is 121 Å². The van der Waals surface area contributed by atoms with E-state index in [1.807, 2.05) is 19.1 Å². The van der Waals surface area contributed by atoms with Crippen molar-refractivity contribution in [1.29, 1.82) is 0 Å². The van der Waals surface area contributed by atoms with Crippen molar-refractivity contribution in [1.82, 2.24) is 30.7 Å². The topological polar surface area (TPSA) is 402 Å². The second-order valence-electron chi connectivity index (χ2n) is 27.1. The highest BCUT2D eigenvalue weighted by atomic mass is 35.7. The number of rotatable bonds is 27. The molecule has 608 valence electrons. The number of carbonyl (C=O) groups is 6. The molecule has 7 atom stereocenters. The molecule has 0 bridgehead atoms. The highest BCUT2D eigenvalue weighted by Gasteiger charge is 2.50. The van der Waals surface area contributed by atoms with E-state index in [9.17, 15) is 92.8 Å². The van der Waals surface area contributed by atoms with Gasteiger partial charge < -0.3 is 55.7 Å². The zero-order valence-corrected chi connectivity index (χ0v) is 65.6. The van der Waals surface area contributed by atoms with Crippen LogP contribution in [0, 0.1) is 34.5 Å². The summed E-state index contributed by atoms with van der Waals surface area (Å²) < 4.78 is 201. The highest BCUT2D eigenvalue weighted by molar-refractivity contribution is 8.13. The Hall–Kier alpha value is -7.63. The van der Waals surface area contributed by atoms with Crippen LogP contribution in [0.5, 0.6) is 0 Å². The normalized spacial score (nSPS) is 19.9. The molecule has 28 nitrogen and oxygen atoms in total. The van der Waals surface area contributed by atoms with Crippen molar-refractivity contribution in [2.75, 3.05) is 139 Å². The van der Waals surface area contributed by atoms with Gasteiger partial charge in [-0.25, -0.2) is 55.6 Å². The predicted octanol–water partition coefficient (Wildman–Crippen LogP) is 3.89. The molecule has 39 heteroatoms. The third-order valence-electron chi connectivity index (χ3n) is 17.8. The molecule has 0 spiro atoms. The first-order valence-corrected chi connectivity index (χ1v) is 44.5. The summed E-state index contributed by atoms with van der Waals surface area (Å²) in [6.45, 7) is 6.51. The number of aliphatic hydroxyl groups excluding tert-OH is 1. The second kappa shape index (κ2) is 41.2. The summed E-state index contributed by atoms with van der Waals surface area (Å²) >= 11 is 0. The van der Waals surface area contributed by atoms with E-state index in [2.05, 4.69) is 37.7 Å². The van der Waals surface area contributed by atoms with Gasteiger partial charge in [0.1, 0.15) is 47.2 Å². The smallest absolute Gasteiger partial charge is 0.264 e. The van der Waals surface area contributed by atoms with E-state index in [-0.39, 0.29) is 77.3 Å². The van der Waals surface area contributed by atoms with Crippen LogP contribution in [0.25, 0.3) is 0 Å². The number of morpholine rings is 3. The fourth-order valence-electron chi connectivity index (χ4n) is 11.7. The Morgan fingerprint density at radius 3 is 1.04 bits per heavy atom. The zero-order valence-electron chi connectivity index (χ0n) is 60.7. The Morgan fingerprint density at radius 2 is 0.755 bits per heavy atom. The molecule has 0 unspecified atom stereocenters. The van der Waals surface area contributed by atoms with Crippen molar-refractivity contribution in [3.05, 3.63) is 178 Å². The molecule has 0 radical (unpaired) electrons. The Morgan fingerprint density at radius 1 is 0.482 bits per heavy atom. The molecule has 10 rings (SSSR count). The van der Waals surface area contributed by atoms with Gasteiger partial charge in [-0.05, 0) is 152 Å². The van der Waals surface area contributed by atoms with Crippen LogP contribution in [0.2, 0.25) is 0 Å². The number of carbonyl (C=O) groups excluding carboxylic acids is 6. The minimum Gasteiger partial charge on any atom is -0.395 e. The summed E-state index contributed by atoms with van der Waals surface area (Å²) in [5.41, 5.74) is 8.27. The fraction of sp³-hybridized carbons (Fsp3) is 0.493. The standard InChI is InChI=1S/C27H32F2N2O5S.C17H23FN2O8S2.C16H21FN2O6S.C10H12FN.CH3ClO2S/c1-27(17-23(27)19-3-7-21(28)8-4-19)11-2-16-37(34,35)18-24(26(33)31-12-14-36-15-13-31)30-25(32)20-5-9-22(29)10-6-20;1-29(23,24)28-10-11-30(25,26)12-15(17(22)20-6-8-27-9-7-20)19-16(21)13-2-4-14(18)5-3-13;17-13-3-1-12(2-4-13)15(21)18-14(11-26(23,24)10-7-20)16(22)19-5-8-25-9-6-19;1-10(12)6-9(10)7-2-4-8(11)5-3-7;1-5(2,3)4/h3-10,23-24H,2,11-18H2,1H3,(H,30,32);2-5,15H,6-12H2,1H3,(H,19,21);1-4,14,20H,5-11H2,(H,18,21);2-5,9H,6,12H2,1H3;1H3/t23-,24-,27+;15-;14-;9-,10+;/m0000./s1. The summed E-state index contributed by atoms with van der Waals surface area (Å²) in [6.07, 6.45) is 4.73. The summed E-state index contributed by atoms with van der Waals surface area (Å²) in [5, 5.41) is 16.2. The number of sulfone groups is 3. The predicted molar refractivity (Wildman–Crippen MR) is 397 cm³/mol. The lowest BCUT2D eigenvalue weighted by atomic mass is 9.96. The molecule has 5 aliphatic rings. The van der Waals surface area contributed by atoms with Crippen molar-refractivity contribution < 1.29 is 116 Å². The number of hydrogen-bond acceptors (Lipinski definition) is 22. The molecule has 6 amide bonds. The molecule has 3 saturated heterocycles. The molecule has 0 aromatic heterocycles. The minimum atomic E-state index is -3.96. The van der Waals surface area contributed by atoms with E-state index in [0.29, 0.717) is 71.4 Å². The molecule has 110 heavy (non-hydrogen) atoms. The maximum absolute atomic E-state index is 13.3. The first-order chi connectivity index (χ1) is 51.4. The first-order valence-electron chi connectivity index (χ1n) is 34.5. The average molecular weight is 1670 g/mol. The monoisotopic (exact) mass is 1670 g/mol. The van der Waals surface area contributed by atoms with Crippen LogP contribution < -0.4 is 21.7 Å². The van der Waals surface area contributed by atoms with Gasteiger partial charge in [0.15, 0.2) is 29.5 Å². The lowest BCUT2D eigenvalue weighted by Gasteiger charge is -2.30. The summed E-state index contributed by atoms with van der Waals surface area (Å²) in [5.74, 6) is -8.23. The SMILES string of the molecule is CS(=O)(=O)Cl.CS(=O)(=O)OCCS(=O)(=O)C[C@H](NC(=O)c1ccc(F)cc1)C(=O)N1CCOCC1.C[C@@]1(CCCS(=O)(=O)C[C@H](NC(=O)c2ccc(F)cc2)C(=O)N2CCOCC2)C[C@H]1c1ccc(F)cc1.C[C@@]1(N)C[C@H]1c1ccc(F)cc1.O=C(N[C@@H](CS(=O)(=O)CCO)C(=O)N1CCOCC1)c1ccc(F)cc1. The Labute approximate surface area is 641 Å². The Bertz CT molecular complexity index is 4510. The molecule has 5 fully saturated rings. The second-order valence-corrected chi connectivity index (χ2v) is 38.4. The summed E-state index contributed by atoms with van der Waals surface area (Å²) in [7, 11) is -13.9. The van der Waals surface area contributed by atoms with Crippen LogP contribution in [-0.2, 0) is 81.5 Å². The quantitative estimate of drug-likeness (QED) is 0.0283. The van der Waals surface area contributed by atoms with Crippen LogP contribution in [-0.4, -0.2) is 260 Å². The number of nitrogens with zero attached hydrogens (tertiary/aromatic N) is 3. The number of ether oxygens (including phenoxy) is 3. The molecular weight excluding hydrogens is 1580 g/mol. The summed E-state index contributed by atoms with van der Waals surface area (Å²) in [4.78, 5) is 80.5. The molecule has 5 aromatic carbocycles. The van der Waals surface area contributed by atoms with Crippen LogP contribution in [0.4, 0.5) is 22.0 Å². The molecule has 3 aliphatic heterocycles. The van der Waals surface area contributed by atoms with Gasteiger partial charge in [-0.1, -0.05) is 31.2 Å². The molecule has 6 N–H and O–H groups in total. The van der Waals surface area contributed by atoms with Crippen molar-refractivity contribution in [3.63, 3.8) is 0 Å². The number of amides is 6. The number of benzene rings is 5. The van der Waals surface area contributed by atoms with E-state index >= 15 is 0 Å². The number of nitrogens with two attached hydrogens (primary N) is 1. The van der Waals surface area contributed by atoms with Crippen molar-refractivity contribution >= 4 is 94.8 Å². The Kier molecular flexibility index (Phi) is 34.2. The number of halogens is 6. The van der Waals surface area contributed by atoms with Crippen LogP contribution in [0.1, 0.15) is 93.6 Å². The van der Waals surface area contributed by atoms with Crippen molar-refractivity contribution in [3.8, 4) is 0 Å². The molecule has 2 saturated carbocycles. The molecular formula is C71H91ClF5N7O21S5. The summed E-state index contributed by atoms with van der Waals surface area (Å²) in [6, 6.07) is 23.1. The van der Waals surface area contributed by atoms with Gasteiger partial charge >= 0.3 is 0 Å². The Balaban J connectivity index is 0.000000235. The largest absolute Gasteiger partial charge is 0.395 e. The lowest BCUT2D eigenvalue weighted by Crippen LogP contribution is -2.54. The number of nitrogens with one attached hydrogen (secondary N) is 3. The maximum atomic E-state index is 13.3. The third kappa shape index (κ3) is 32.2. The molecule has 5 aromatic rings. The highest BCUT2D eigenvalue weighted by Crippen LogP contribution is 2.61. The van der Waals surface area contributed by atoms with Gasteiger partial charge in [0.25, 0.3) is 27.8 Å². The van der Waals surface area contributed by atoms with E-state index in [1.54, 1.807) is 12.1 Å². The van der Waals surface area contributed by atoms with Crippen LogP contribution >= 0.6 is 10.7 Å². The van der Waals surface area contributed by atoms with Gasteiger partial charge in [0.2, 0.25) is 26.8 Å². The first kappa shape index (κ1) is 91.2.